The minimum absolute atomic E-state index is 0.0721. The Bertz CT molecular complexity index is 588. The molecule has 1 fully saturated rings. The van der Waals surface area contributed by atoms with Gasteiger partial charge in [-0.25, -0.2) is 4.79 Å². The van der Waals surface area contributed by atoms with Crippen LogP contribution in [0.2, 0.25) is 0 Å². The zero-order valence-electron chi connectivity index (χ0n) is 11.8. The van der Waals surface area contributed by atoms with Gasteiger partial charge in [0.25, 0.3) is 5.91 Å². The summed E-state index contributed by atoms with van der Waals surface area (Å²) >= 11 is 0. The number of hydrogen-bond donors (Lipinski definition) is 2. The third kappa shape index (κ3) is 2.53. The molecule has 2 N–H and O–H groups in total. The van der Waals surface area contributed by atoms with E-state index in [2.05, 4.69) is 0 Å². The van der Waals surface area contributed by atoms with Gasteiger partial charge in [0.05, 0.1) is 0 Å². The van der Waals surface area contributed by atoms with E-state index in [0.717, 1.165) is 19.3 Å². The molecule has 0 saturated carbocycles. The van der Waals surface area contributed by atoms with Crippen LogP contribution in [0, 0.1) is 0 Å². The van der Waals surface area contributed by atoms with Crippen molar-refractivity contribution in [1.82, 2.24) is 4.90 Å². The van der Waals surface area contributed by atoms with Crippen LogP contribution in [0.3, 0.4) is 0 Å². The largest absolute Gasteiger partial charge is 0.479 e. The number of likely N-dealkylation sites (tertiary alicyclic amines) is 1. The third-order valence-electron chi connectivity index (χ3n) is 4.62. The fourth-order valence-electron chi connectivity index (χ4n) is 3.18. The number of carbonyl (C=O) groups is 2. The number of hydrogen-bond acceptors (Lipinski definition) is 3. The highest BCUT2D eigenvalue weighted by atomic mass is 16.4. The first kappa shape index (κ1) is 14.1. The van der Waals surface area contributed by atoms with Crippen LogP contribution in [0.1, 0.15) is 40.7 Å². The van der Waals surface area contributed by atoms with Crippen molar-refractivity contribution in [3.63, 3.8) is 0 Å². The monoisotopic (exact) mass is 289 g/mol. The molecular formula is C16H19NO4. The van der Waals surface area contributed by atoms with Crippen molar-refractivity contribution in [3.8, 4) is 0 Å². The Hall–Kier alpha value is -1.88. The van der Waals surface area contributed by atoms with Crippen LogP contribution in [0.4, 0.5) is 0 Å². The molecule has 3 rings (SSSR count). The summed E-state index contributed by atoms with van der Waals surface area (Å²) in [5, 5.41) is 18.9. The van der Waals surface area contributed by atoms with E-state index in [1.165, 1.54) is 11.1 Å². The van der Waals surface area contributed by atoms with Crippen LogP contribution in [0.25, 0.3) is 0 Å². The summed E-state index contributed by atoms with van der Waals surface area (Å²) in [7, 11) is 0. The molecule has 0 bridgehead atoms. The van der Waals surface area contributed by atoms with Gasteiger partial charge in [-0.05, 0) is 42.5 Å². The molecule has 1 heterocycles. The molecule has 1 amide bonds. The van der Waals surface area contributed by atoms with E-state index in [9.17, 15) is 14.7 Å². The average Bonchev–Trinajstić information content (AvgIpc) is 2.94. The van der Waals surface area contributed by atoms with Crippen molar-refractivity contribution in [2.24, 2.45) is 0 Å². The number of aryl methyl sites for hydroxylation is 2. The Morgan fingerprint density at radius 2 is 1.76 bits per heavy atom. The smallest absolute Gasteiger partial charge is 0.335 e. The van der Waals surface area contributed by atoms with Crippen molar-refractivity contribution in [1.29, 1.82) is 0 Å². The number of aliphatic hydroxyl groups is 1. The molecule has 0 unspecified atom stereocenters. The van der Waals surface area contributed by atoms with Gasteiger partial charge in [-0.3, -0.25) is 4.79 Å². The zero-order chi connectivity index (χ0) is 15.0. The first-order chi connectivity index (χ1) is 9.99. The second-order valence-corrected chi connectivity index (χ2v) is 5.97. The van der Waals surface area contributed by atoms with Crippen LogP contribution in [0.5, 0.6) is 0 Å². The number of piperidine rings is 1. The SMILES string of the molecule is O=C(c1ccc2c(c1)CCC2)N1CCC(O)(C(=O)O)CC1. The maximum absolute atomic E-state index is 12.5. The van der Waals surface area contributed by atoms with Gasteiger partial charge in [-0.15, -0.1) is 0 Å². The van der Waals surface area contributed by atoms with Crippen molar-refractivity contribution >= 4 is 11.9 Å². The second kappa shape index (κ2) is 5.15. The summed E-state index contributed by atoms with van der Waals surface area (Å²) in [5.41, 5.74) is 1.55. The van der Waals surface area contributed by atoms with E-state index < -0.39 is 11.6 Å². The summed E-state index contributed by atoms with van der Waals surface area (Å²) in [6.45, 7) is 0.553. The highest BCUT2D eigenvalue weighted by molar-refractivity contribution is 5.94. The van der Waals surface area contributed by atoms with Gasteiger partial charge in [-0.1, -0.05) is 6.07 Å². The maximum Gasteiger partial charge on any atom is 0.335 e. The molecule has 2 aliphatic rings. The van der Waals surface area contributed by atoms with Gasteiger partial charge >= 0.3 is 5.97 Å². The van der Waals surface area contributed by atoms with Crippen LogP contribution in [-0.2, 0) is 17.6 Å². The quantitative estimate of drug-likeness (QED) is 0.858. The minimum Gasteiger partial charge on any atom is -0.479 e. The van der Waals surface area contributed by atoms with Gasteiger partial charge in [0.1, 0.15) is 0 Å². The lowest BCUT2D eigenvalue weighted by atomic mass is 9.91. The average molecular weight is 289 g/mol. The summed E-state index contributed by atoms with van der Waals surface area (Å²) in [4.78, 5) is 25.1. The highest BCUT2D eigenvalue weighted by Gasteiger charge is 2.40. The Morgan fingerprint density at radius 1 is 1.10 bits per heavy atom. The number of fused-ring (bicyclic) bond motifs is 1. The molecule has 0 aromatic heterocycles. The molecule has 0 radical (unpaired) electrons. The predicted octanol–water partition coefficient (Wildman–Crippen LogP) is 1.23. The highest BCUT2D eigenvalue weighted by Crippen LogP contribution is 2.26. The van der Waals surface area contributed by atoms with E-state index in [-0.39, 0.29) is 31.8 Å². The number of benzene rings is 1. The number of rotatable bonds is 2. The minimum atomic E-state index is -1.69. The number of amides is 1. The zero-order valence-corrected chi connectivity index (χ0v) is 11.8. The lowest BCUT2D eigenvalue weighted by molar-refractivity contribution is -0.162. The standard InChI is InChI=1S/C16H19NO4/c18-14(13-5-4-11-2-1-3-12(11)10-13)17-8-6-16(21,7-9-17)15(19)20/h4-5,10,21H,1-3,6-9H2,(H,19,20). The number of aliphatic carboxylic acids is 1. The first-order valence-corrected chi connectivity index (χ1v) is 7.36. The molecule has 5 nitrogen and oxygen atoms in total. The number of carboxylic acid groups (broad SMARTS) is 1. The van der Waals surface area contributed by atoms with Crippen LogP contribution in [-0.4, -0.2) is 45.7 Å². The summed E-state index contributed by atoms with van der Waals surface area (Å²) in [6, 6.07) is 5.83. The molecule has 5 heteroatoms. The molecule has 21 heavy (non-hydrogen) atoms. The fraction of sp³-hybridized carbons (Fsp3) is 0.500. The van der Waals surface area contributed by atoms with Gasteiger partial charge in [0.15, 0.2) is 5.60 Å². The van der Waals surface area contributed by atoms with E-state index in [4.69, 9.17) is 5.11 Å². The number of carbonyl (C=O) groups excluding carboxylic acids is 1. The molecule has 112 valence electrons. The number of carboxylic acids is 1. The molecule has 0 spiro atoms. The van der Waals surface area contributed by atoms with Crippen molar-refractivity contribution in [2.75, 3.05) is 13.1 Å². The number of nitrogens with zero attached hydrogens (tertiary/aromatic N) is 1. The third-order valence-corrected chi connectivity index (χ3v) is 4.62. The molecule has 1 saturated heterocycles. The van der Waals surface area contributed by atoms with Crippen molar-refractivity contribution in [3.05, 3.63) is 34.9 Å². The van der Waals surface area contributed by atoms with E-state index in [1.807, 2.05) is 18.2 Å². The Morgan fingerprint density at radius 3 is 2.43 bits per heavy atom. The maximum atomic E-state index is 12.5. The van der Waals surface area contributed by atoms with Crippen molar-refractivity contribution < 1.29 is 19.8 Å². The second-order valence-electron chi connectivity index (χ2n) is 5.97. The topological polar surface area (TPSA) is 77.8 Å². The van der Waals surface area contributed by atoms with Crippen LogP contribution < -0.4 is 0 Å². The summed E-state index contributed by atoms with van der Waals surface area (Å²) in [5.74, 6) is -1.27. The predicted molar refractivity (Wildman–Crippen MR) is 76.2 cm³/mol. The van der Waals surface area contributed by atoms with Crippen molar-refractivity contribution in [2.45, 2.75) is 37.7 Å². The Labute approximate surface area is 123 Å². The van der Waals surface area contributed by atoms with E-state index in [0.29, 0.717) is 5.56 Å². The van der Waals surface area contributed by atoms with E-state index >= 15 is 0 Å². The molecule has 0 atom stereocenters. The van der Waals surface area contributed by atoms with E-state index in [1.54, 1.807) is 4.90 Å². The molecule has 1 aromatic carbocycles. The lowest BCUT2D eigenvalue weighted by Gasteiger charge is -2.35. The Balaban J connectivity index is 1.71. The fourth-order valence-corrected chi connectivity index (χ4v) is 3.18. The van der Waals surface area contributed by atoms with Gasteiger partial charge in [-0.2, -0.15) is 0 Å². The van der Waals surface area contributed by atoms with Gasteiger partial charge < -0.3 is 15.1 Å². The van der Waals surface area contributed by atoms with Gasteiger partial charge in [0.2, 0.25) is 0 Å². The molecule has 1 aromatic rings. The van der Waals surface area contributed by atoms with Crippen LogP contribution >= 0.6 is 0 Å². The molecule has 1 aliphatic carbocycles. The van der Waals surface area contributed by atoms with Crippen LogP contribution in [0.15, 0.2) is 18.2 Å². The summed E-state index contributed by atoms with van der Waals surface area (Å²) in [6.07, 6.45) is 3.41. The normalized spacial score (nSPS) is 20.1. The molecular weight excluding hydrogens is 270 g/mol. The lowest BCUT2D eigenvalue weighted by Crippen LogP contribution is -2.50. The Kier molecular flexibility index (Phi) is 3.45. The summed E-state index contributed by atoms with van der Waals surface area (Å²) < 4.78 is 0. The van der Waals surface area contributed by atoms with Gasteiger partial charge in [0, 0.05) is 31.5 Å². The first-order valence-electron chi connectivity index (χ1n) is 7.36. The molecule has 1 aliphatic heterocycles.